The average Bonchev–Trinajstić information content (AvgIpc) is 2.69. The number of hydrogen-bond donors (Lipinski definition) is 1. The van der Waals surface area contributed by atoms with E-state index in [0.717, 1.165) is 6.54 Å². The largest absolute Gasteiger partial charge is 0.326 e. The molecule has 1 heterocycles. The smallest absolute Gasteiger partial charge is 0.0206 e. The third kappa shape index (κ3) is 2.36. The Hall–Kier alpha value is -0.380. The molecule has 3 unspecified atom stereocenters. The van der Waals surface area contributed by atoms with Crippen molar-refractivity contribution in [2.75, 3.05) is 13.1 Å². The Balaban J connectivity index is 1.73. The molecule has 3 atom stereocenters. The molecule has 98 valence electrons. The van der Waals surface area contributed by atoms with Crippen LogP contribution in [0.1, 0.15) is 24.5 Å². The molecule has 0 radical (unpaired) electrons. The van der Waals surface area contributed by atoms with Crippen molar-refractivity contribution in [2.24, 2.45) is 11.7 Å². The number of rotatable bonds is 1. The van der Waals surface area contributed by atoms with Gasteiger partial charge in [-0.05, 0) is 48.4 Å². The molecule has 3 heteroatoms. The van der Waals surface area contributed by atoms with Gasteiger partial charge in [-0.15, -0.1) is 0 Å². The molecule has 0 spiro atoms. The zero-order valence-corrected chi connectivity index (χ0v) is 12.5. The fraction of sp³-hybridized carbons (Fsp3) is 0.600. The Morgan fingerprint density at radius 2 is 2.11 bits per heavy atom. The lowest BCUT2D eigenvalue weighted by Crippen LogP contribution is -2.39. The van der Waals surface area contributed by atoms with Gasteiger partial charge in [0.1, 0.15) is 0 Å². The quantitative estimate of drug-likeness (QED) is 0.864. The number of halogens is 1. The molecule has 3 rings (SSSR count). The van der Waals surface area contributed by atoms with Crippen molar-refractivity contribution in [3.63, 3.8) is 0 Å². The van der Waals surface area contributed by atoms with Gasteiger partial charge in [0.25, 0.3) is 0 Å². The Bertz CT molecular complexity index is 436. The van der Waals surface area contributed by atoms with E-state index in [-0.39, 0.29) is 0 Å². The van der Waals surface area contributed by atoms with Gasteiger partial charge in [-0.1, -0.05) is 28.9 Å². The normalized spacial score (nSPS) is 32.5. The highest BCUT2D eigenvalue weighted by atomic mass is 79.9. The van der Waals surface area contributed by atoms with E-state index in [0.29, 0.717) is 18.0 Å². The van der Waals surface area contributed by atoms with E-state index in [4.69, 9.17) is 5.73 Å². The minimum Gasteiger partial charge on any atom is -0.326 e. The molecule has 1 fully saturated rings. The predicted octanol–water partition coefficient (Wildman–Crippen LogP) is 2.59. The molecule has 1 aromatic rings. The van der Waals surface area contributed by atoms with Crippen molar-refractivity contribution >= 4 is 15.9 Å². The van der Waals surface area contributed by atoms with Gasteiger partial charge in [0.05, 0.1) is 0 Å². The molecule has 2 N–H and O–H groups in total. The minimum absolute atomic E-state index is 0.372. The molecule has 1 aliphatic carbocycles. The number of nitrogens with zero attached hydrogens (tertiary/aromatic N) is 1. The Labute approximate surface area is 118 Å². The van der Waals surface area contributed by atoms with E-state index in [1.54, 1.807) is 0 Å². The summed E-state index contributed by atoms with van der Waals surface area (Å²) in [6, 6.07) is 7.81. The summed E-state index contributed by atoms with van der Waals surface area (Å²) >= 11 is 3.56. The van der Waals surface area contributed by atoms with Crippen LogP contribution in [0.3, 0.4) is 0 Å². The van der Waals surface area contributed by atoms with Gasteiger partial charge in [-0.25, -0.2) is 0 Å². The standard InChI is InChI=1S/C15H21BrN2/c1-10-8-18(9-15(10)17)14-5-3-11-6-13(16)4-2-12(11)7-14/h2,4,6,10,14-15H,3,5,7-9,17H2,1H3. The maximum Gasteiger partial charge on any atom is 0.0206 e. The summed E-state index contributed by atoms with van der Waals surface area (Å²) in [7, 11) is 0. The van der Waals surface area contributed by atoms with Crippen molar-refractivity contribution in [3.8, 4) is 0 Å². The van der Waals surface area contributed by atoms with Crippen LogP contribution >= 0.6 is 15.9 Å². The van der Waals surface area contributed by atoms with Crippen LogP contribution in [0.4, 0.5) is 0 Å². The van der Waals surface area contributed by atoms with Crippen LogP contribution in [-0.4, -0.2) is 30.1 Å². The van der Waals surface area contributed by atoms with E-state index in [1.165, 1.54) is 41.4 Å². The molecule has 18 heavy (non-hydrogen) atoms. The molecule has 0 amide bonds. The minimum atomic E-state index is 0.372. The van der Waals surface area contributed by atoms with Crippen LogP contribution in [0.5, 0.6) is 0 Å². The SMILES string of the molecule is CC1CN(C2CCc3cc(Br)ccc3C2)CC1N. The van der Waals surface area contributed by atoms with Gasteiger partial charge in [0.15, 0.2) is 0 Å². The highest BCUT2D eigenvalue weighted by Gasteiger charge is 2.32. The summed E-state index contributed by atoms with van der Waals surface area (Å²) in [5, 5.41) is 0. The van der Waals surface area contributed by atoms with Crippen LogP contribution in [0, 0.1) is 5.92 Å². The van der Waals surface area contributed by atoms with Crippen molar-refractivity contribution in [3.05, 3.63) is 33.8 Å². The van der Waals surface area contributed by atoms with Crippen LogP contribution in [0.15, 0.2) is 22.7 Å². The second-order valence-electron chi connectivity index (χ2n) is 5.90. The third-order valence-electron chi connectivity index (χ3n) is 4.59. The third-order valence-corrected chi connectivity index (χ3v) is 5.08. The highest BCUT2D eigenvalue weighted by molar-refractivity contribution is 9.10. The monoisotopic (exact) mass is 308 g/mol. The molecule has 1 aliphatic heterocycles. The Morgan fingerprint density at radius 1 is 1.28 bits per heavy atom. The maximum atomic E-state index is 6.14. The van der Waals surface area contributed by atoms with Crippen molar-refractivity contribution in [1.82, 2.24) is 4.90 Å². The lowest BCUT2D eigenvalue weighted by Gasteiger charge is -2.32. The molecular formula is C15H21BrN2. The van der Waals surface area contributed by atoms with Crippen molar-refractivity contribution in [2.45, 2.75) is 38.3 Å². The number of fused-ring (bicyclic) bond motifs is 1. The number of benzene rings is 1. The molecule has 0 bridgehead atoms. The summed E-state index contributed by atoms with van der Waals surface area (Å²) in [6.07, 6.45) is 3.69. The van der Waals surface area contributed by atoms with Gasteiger partial charge in [0, 0.05) is 29.6 Å². The molecular weight excluding hydrogens is 288 g/mol. The molecule has 1 saturated heterocycles. The maximum absolute atomic E-state index is 6.14. The predicted molar refractivity (Wildman–Crippen MR) is 78.7 cm³/mol. The van der Waals surface area contributed by atoms with Crippen molar-refractivity contribution < 1.29 is 0 Å². The Morgan fingerprint density at radius 3 is 2.83 bits per heavy atom. The summed E-state index contributed by atoms with van der Waals surface area (Å²) in [5.41, 5.74) is 9.20. The molecule has 0 aromatic heterocycles. The molecule has 0 saturated carbocycles. The van der Waals surface area contributed by atoms with Crippen LogP contribution in [0.2, 0.25) is 0 Å². The first kappa shape index (κ1) is 12.6. The van der Waals surface area contributed by atoms with Gasteiger partial charge in [0.2, 0.25) is 0 Å². The van der Waals surface area contributed by atoms with Crippen LogP contribution in [-0.2, 0) is 12.8 Å². The summed E-state index contributed by atoms with van der Waals surface area (Å²) in [6.45, 7) is 4.54. The highest BCUT2D eigenvalue weighted by Crippen LogP contribution is 2.29. The van der Waals surface area contributed by atoms with Crippen LogP contribution in [0.25, 0.3) is 0 Å². The Kier molecular flexibility index (Phi) is 3.48. The summed E-state index contributed by atoms with van der Waals surface area (Å²) in [5.74, 6) is 0.649. The number of nitrogens with two attached hydrogens (primary N) is 1. The molecule has 2 aliphatic rings. The lowest BCUT2D eigenvalue weighted by molar-refractivity contribution is 0.214. The molecule has 2 nitrogen and oxygen atoms in total. The fourth-order valence-electron chi connectivity index (χ4n) is 3.34. The van der Waals surface area contributed by atoms with Crippen molar-refractivity contribution in [1.29, 1.82) is 0 Å². The molecule has 1 aromatic carbocycles. The number of hydrogen-bond acceptors (Lipinski definition) is 2. The van der Waals surface area contributed by atoms with E-state index >= 15 is 0 Å². The van der Waals surface area contributed by atoms with Gasteiger partial charge in [-0.2, -0.15) is 0 Å². The van der Waals surface area contributed by atoms with E-state index < -0.39 is 0 Å². The fourth-order valence-corrected chi connectivity index (χ4v) is 3.75. The van der Waals surface area contributed by atoms with E-state index in [1.807, 2.05) is 0 Å². The summed E-state index contributed by atoms with van der Waals surface area (Å²) in [4.78, 5) is 2.61. The zero-order valence-electron chi connectivity index (χ0n) is 10.9. The van der Waals surface area contributed by atoms with Gasteiger partial charge < -0.3 is 5.73 Å². The van der Waals surface area contributed by atoms with E-state index in [9.17, 15) is 0 Å². The van der Waals surface area contributed by atoms with Crippen LogP contribution < -0.4 is 5.73 Å². The topological polar surface area (TPSA) is 29.3 Å². The number of likely N-dealkylation sites (tertiary alicyclic amines) is 1. The zero-order chi connectivity index (χ0) is 12.7. The second-order valence-corrected chi connectivity index (χ2v) is 6.82. The van der Waals surface area contributed by atoms with Gasteiger partial charge >= 0.3 is 0 Å². The first-order valence-electron chi connectivity index (χ1n) is 6.90. The first-order chi connectivity index (χ1) is 8.63. The number of aryl methyl sites for hydroxylation is 1. The second kappa shape index (κ2) is 4.95. The van der Waals surface area contributed by atoms with Gasteiger partial charge in [-0.3, -0.25) is 4.90 Å². The average molecular weight is 309 g/mol. The van der Waals surface area contributed by atoms with E-state index in [2.05, 4.69) is 46.0 Å². The lowest BCUT2D eigenvalue weighted by atomic mass is 9.87. The summed E-state index contributed by atoms with van der Waals surface area (Å²) < 4.78 is 1.21. The first-order valence-corrected chi connectivity index (χ1v) is 7.69.